The maximum atomic E-state index is 12.7. The molecule has 0 unspecified atom stereocenters. The van der Waals surface area contributed by atoms with E-state index in [2.05, 4.69) is 27.9 Å². The van der Waals surface area contributed by atoms with E-state index in [-0.39, 0.29) is 35.5 Å². The molecule has 1 aliphatic heterocycles. The molecule has 0 radical (unpaired) electrons. The molecule has 5 rings (SSSR count). The molecule has 5 heteroatoms. The summed E-state index contributed by atoms with van der Waals surface area (Å²) in [5.74, 6) is -0.250. The summed E-state index contributed by atoms with van der Waals surface area (Å²) in [6.07, 6.45) is 6.80. The third-order valence-electron chi connectivity index (χ3n) is 6.20. The Balaban J connectivity index is 1.52. The lowest BCUT2D eigenvalue weighted by molar-refractivity contribution is -0.140. The number of rotatable bonds is 2. The van der Waals surface area contributed by atoms with E-state index < -0.39 is 0 Å². The number of aromatic nitrogens is 1. The minimum absolute atomic E-state index is 0.138. The number of hydrogen-bond donors (Lipinski definition) is 0. The van der Waals surface area contributed by atoms with Gasteiger partial charge in [-0.3, -0.25) is 9.59 Å². The lowest BCUT2D eigenvalue weighted by atomic mass is 9.85. The van der Waals surface area contributed by atoms with Crippen LogP contribution in [-0.2, 0) is 16.6 Å². The largest absolute Gasteiger partial charge is 0.347 e. The van der Waals surface area contributed by atoms with Crippen molar-refractivity contribution in [2.45, 2.75) is 13.3 Å². The molecule has 4 atom stereocenters. The first-order chi connectivity index (χ1) is 12.1. The normalized spacial score (nSPS) is 30.4. The van der Waals surface area contributed by atoms with Crippen LogP contribution in [-0.4, -0.2) is 27.6 Å². The van der Waals surface area contributed by atoms with Crippen molar-refractivity contribution in [3.8, 4) is 0 Å². The van der Waals surface area contributed by atoms with Gasteiger partial charge in [-0.2, -0.15) is 10.1 Å². The van der Waals surface area contributed by atoms with Crippen LogP contribution in [0.3, 0.4) is 0 Å². The average molecular weight is 333 g/mol. The van der Waals surface area contributed by atoms with Gasteiger partial charge in [-0.1, -0.05) is 30.4 Å². The Labute approximate surface area is 145 Å². The highest BCUT2D eigenvalue weighted by Crippen LogP contribution is 2.52. The predicted octanol–water partition coefficient (Wildman–Crippen LogP) is 2.63. The Hall–Kier alpha value is -2.69. The van der Waals surface area contributed by atoms with Crippen molar-refractivity contribution in [1.82, 2.24) is 9.58 Å². The SMILES string of the molecule is Cc1c(C=NN2C(=O)[C@@H]3[C@H](C2=O)[C@H]2C=C[C@H]3C2)c2ccccc2n1C. The average Bonchev–Trinajstić information content (AvgIpc) is 3.34. The zero-order valence-electron chi connectivity index (χ0n) is 14.2. The molecular formula is C20H19N3O2. The topological polar surface area (TPSA) is 54.7 Å². The summed E-state index contributed by atoms with van der Waals surface area (Å²) in [4.78, 5) is 25.4. The van der Waals surface area contributed by atoms with Gasteiger partial charge in [0.25, 0.3) is 11.8 Å². The van der Waals surface area contributed by atoms with Gasteiger partial charge in [0.1, 0.15) is 0 Å². The molecule has 5 nitrogen and oxygen atoms in total. The number of allylic oxidation sites excluding steroid dienone is 2. The van der Waals surface area contributed by atoms with Crippen molar-refractivity contribution in [2.75, 3.05) is 0 Å². The molecule has 2 fully saturated rings. The molecule has 1 aromatic heterocycles. The standard InChI is InChI=1S/C20H19N3O2/c1-11-15(14-5-3-4-6-16(14)22(11)2)10-21-23-19(24)17-12-7-8-13(9-12)18(17)20(23)25/h3-8,10,12-13,17-18H,9H2,1-2H3/t12-,13-,17-,18+/m0/s1. The van der Waals surface area contributed by atoms with Gasteiger partial charge in [-0.15, -0.1) is 0 Å². The molecule has 1 aromatic carbocycles. The molecule has 2 amide bonds. The summed E-state index contributed by atoms with van der Waals surface area (Å²) in [6.45, 7) is 2.02. The third kappa shape index (κ3) is 1.81. The van der Waals surface area contributed by atoms with E-state index in [1.54, 1.807) is 6.21 Å². The number of imide groups is 1. The second-order valence-corrected chi connectivity index (χ2v) is 7.31. The lowest BCUT2D eigenvalue weighted by Crippen LogP contribution is -2.28. The molecule has 0 N–H and O–H groups in total. The lowest BCUT2D eigenvalue weighted by Gasteiger charge is -2.13. The molecule has 126 valence electrons. The second kappa shape index (κ2) is 4.91. The first-order valence-electron chi connectivity index (χ1n) is 8.72. The number of hydrazone groups is 1. The van der Waals surface area contributed by atoms with Crippen LogP contribution in [0.5, 0.6) is 0 Å². The van der Waals surface area contributed by atoms with Crippen LogP contribution in [0.25, 0.3) is 10.9 Å². The predicted molar refractivity (Wildman–Crippen MR) is 94.8 cm³/mol. The smallest absolute Gasteiger partial charge is 0.254 e. The van der Waals surface area contributed by atoms with Gasteiger partial charge in [-0.05, 0) is 31.2 Å². The third-order valence-corrected chi connectivity index (χ3v) is 6.20. The molecule has 0 spiro atoms. The molecule has 2 aliphatic carbocycles. The van der Waals surface area contributed by atoms with E-state index in [1.807, 2.05) is 32.2 Å². The molecule has 2 bridgehead atoms. The molecule has 2 heterocycles. The van der Waals surface area contributed by atoms with E-state index in [9.17, 15) is 9.59 Å². The van der Waals surface area contributed by atoms with Crippen molar-refractivity contribution in [3.05, 3.63) is 47.7 Å². The van der Waals surface area contributed by atoms with Crippen molar-refractivity contribution in [2.24, 2.45) is 35.8 Å². The van der Waals surface area contributed by atoms with Crippen molar-refractivity contribution >= 4 is 28.9 Å². The molecule has 1 saturated carbocycles. The van der Waals surface area contributed by atoms with Crippen LogP contribution in [0.1, 0.15) is 17.7 Å². The maximum Gasteiger partial charge on any atom is 0.254 e. The number of amides is 2. The number of fused-ring (bicyclic) bond motifs is 6. The Morgan fingerprint density at radius 3 is 2.40 bits per heavy atom. The van der Waals surface area contributed by atoms with E-state index >= 15 is 0 Å². The van der Waals surface area contributed by atoms with E-state index in [0.29, 0.717) is 0 Å². The van der Waals surface area contributed by atoms with Gasteiger partial charge < -0.3 is 4.57 Å². The van der Waals surface area contributed by atoms with Crippen LogP contribution in [0.2, 0.25) is 0 Å². The van der Waals surface area contributed by atoms with Crippen LogP contribution in [0.15, 0.2) is 41.5 Å². The minimum atomic E-state index is -0.201. The number of benzene rings is 1. The Kier molecular flexibility index (Phi) is 2.87. The molecule has 25 heavy (non-hydrogen) atoms. The molecule has 2 aromatic rings. The highest BCUT2D eigenvalue weighted by Gasteiger charge is 2.59. The van der Waals surface area contributed by atoms with Crippen LogP contribution in [0, 0.1) is 30.6 Å². The first kappa shape index (κ1) is 14.6. The number of nitrogens with zero attached hydrogens (tertiary/aromatic N) is 3. The van der Waals surface area contributed by atoms with Crippen LogP contribution >= 0.6 is 0 Å². The monoisotopic (exact) mass is 333 g/mol. The van der Waals surface area contributed by atoms with E-state index in [0.717, 1.165) is 33.6 Å². The minimum Gasteiger partial charge on any atom is -0.347 e. The Bertz CT molecular complexity index is 954. The number of para-hydroxylation sites is 1. The van der Waals surface area contributed by atoms with Gasteiger partial charge in [0.15, 0.2) is 0 Å². The molecule has 3 aliphatic rings. The van der Waals surface area contributed by atoms with Gasteiger partial charge >= 0.3 is 0 Å². The highest BCUT2D eigenvalue weighted by atomic mass is 16.2. The van der Waals surface area contributed by atoms with Crippen molar-refractivity contribution in [3.63, 3.8) is 0 Å². The molecular weight excluding hydrogens is 314 g/mol. The van der Waals surface area contributed by atoms with Gasteiger partial charge in [-0.25, -0.2) is 0 Å². The second-order valence-electron chi connectivity index (χ2n) is 7.31. The highest BCUT2D eigenvalue weighted by molar-refractivity contribution is 6.08. The quantitative estimate of drug-likeness (QED) is 0.482. The van der Waals surface area contributed by atoms with Crippen molar-refractivity contribution < 1.29 is 9.59 Å². The summed E-state index contributed by atoms with van der Waals surface area (Å²) in [5.41, 5.74) is 3.13. The first-order valence-corrected chi connectivity index (χ1v) is 8.72. The summed E-state index contributed by atoms with van der Waals surface area (Å²) < 4.78 is 2.10. The zero-order chi connectivity index (χ0) is 17.3. The van der Waals surface area contributed by atoms with Gasteiger partial charge in [0.05, 0.1) is 18.1 Å². The summed E-state index contributed by atoms with van der Waals surface area (Å²) in [7, 11) is 2.01. The van der Waals surface area contributed by atoms with E-state index in [1.165, 1.54) is 0 Å². The van der Waals surface area contributed by atoms with E-state index in [4.69, 9.17) is 0 Å². The fourth-order valence-electron chi connectivity index (χ4n) is 4.83. The number of carbonyl (C=O) groups is 2. The summed E-state index contributed by atoms with van der Waals surface area (Å²) in [6, 6.07) is 8.08. The number of hydrogen-bond acceptors (Lipinski definition) is 3. The Morgan fingerprint density at radius 2 is 1.72 bits per heavy atom. The fourth-order valence-corrected chi connectivity index (χ4v) is 4.83. The summed E-state index contributed by atoms with van der Waals surface area (Å²) in [5, 5.41) is 6.52. The zero-order valence-corrected chi connectivity index (χ0v) is 14.2. The number of aryl methyl sites for hydroxylation is 1. The van der Waals surface area contributed by atoms with Crippen LogP contribution in [0.4, 0.5) is 0 Å². The fraction of sp³-hybridized carbons (Fsp3) is 0.350. The van der Waals surface area contributed by atoms with Gasteiger partial charge in [0.2, 0.25) is 0 Å². The van der Waals surface area contributed by atoms with Crippen molar-refractivity contribution in [1.29, 1.82) is 0 Å². The maximum absolute atomic E-state index is 12.7. The molecule has 1 saturated heterocycles. The number of carbonyl (C=O) groups excluding carboxylic acids is 2. The van der Waals surface area contributed by atoms with Crippen LogP contribution < -0.4 is 0 Å². The Morgan fingerprint density at radius 1 is 1.08 bits per heavy atom. The summed E-state index contributed by atoms with van der Waals surface area (Å²) >= 11 is 0. The van der Waals surface area contributed by atoms with Gasteiger partial charge in [0, 0.05) is 29.2 Å².